The standard InChI is InChI=1S/C8H6FN3/c9-12-6-8(10-11-12)7-4-2-1-3-5-7/h1-6H. The molecule has 0 aliphatic heterocycles. The van der Waals surface area contributed by atoms with Gasteiger partial charge in [0.25, 0.3) is 0 Å². The summed E-state index contributed by atoms with van der Waals surface area (Å²) in [6.07, 6.45) is 1.23. The van der Waals surface area contributed by atoms with Crippen LogP contribution < -0.4 is 0 Å². The minimum atomic E-state index is 0.197. The molecule has 0 radical (unpaired) electrons. The molecule has 0 aliphatic rings. The van der Waals surface area contributed by atoms with Crippen LogP contribution in [0, 0.1) is 0 Å². The Hall–Kier alpha value is -1.71. The summed E-state index contributed by atoms with van der Waals surface area (Å²) in [5.41, 5.74) is 1.40. The zero-order valence-corrected chi connectivity index (χ0v) is 6.18. The van der Waals surface area contributed by atoms with Crippen molar-refractivity contribution < 1.29 is 4.48 Å². The van der Waals surface area contributed by atoms with Crippen LogP contribution in [-0.2, 0) is 0 Å². The Labute approximate surface area is 68.4 Å². The van der Waals surface area contributed by atoms with Gasteiger partial charge in [-0.25, -0.2) is 0 Å². The summed E-state index contributed by atoms with van der Waals surface area (Å²) >= 11 is 0. The van der Waals surface area contributed by atoms with Crippen LogP contribution in [0.4, 0.5) is 4.48 Å². The van der Waals surface area contributed by atoms with E-state index in [1.165, 1.54) is 6.20 Å². The average molecular weight is 163 g/mol. The van der Waals surface area contributed by atoms with Crippen molar-refractivity contribution in [3.05, 3.63) is 36.5 Å². The van der Waals surface area contributed by atoms with E-state index in [1.807, 2.05) is 30.3 Å². The highest BCUT2D eigenvalue weighted by Crippen LogP contribution is 2.14. The maximum absolute atomic E-state index is 12.4. The highest BCUT2D eigenvalue weighted by atomic mass is 19.2. The maximum Gasteiger partial charge on any atom is 0.116 e. The monoisotopic (exact) mass is 163 g/mol. The van der Waals surface area contributed by atoms with Gasteiger partial charge in [-0.1, -0.05) is 39.7 Å². The molecular formula is C8H6FN3. The molecule has 0 spiro atoms. The Morgan fingerprint density at radius 3 is 2.50 bits per heavy atom. The Morgan fingerprint density at radius 1 is 1.17 bits per heavy atom. The van der Waals surface area contributed by atoms with Gasteiger partial charge in [0, 0.05) is 5.56 Å². The molecule has 0 saturated carbocycles. The molecule has 0 saturated heterocycles. The molecule has 0 unspecified atom stereocenters. The van der Waals surface area contributed by atoms with Crippen LogP contribution in [0.3, 0.4) is 0 Å². The van der Waals surface area contributed by atoms with Crippen LogP contribution in [0.5, 0.6) is 0 Å². The molecule has 0 fully saturated rings. The lowest BCUT2D eigenvalue weighted by atomic mass is 10.2. The van der Waals surface area contributed by atoms with E-state index in [0.717, 1.165) is 5.56 Å². The largest absolute Gasteiger partial charge is 0.128 e. The zero-order chi connectivity index (χ0) is 8.39. The van der Waals surface area contributed by atoms with Crippen LogP contribution in [0.15, 0.2) is 36.5 Å². The first-order valence-electron chi connectivity index (χ1n) is 3.50. The summed E-state index contributed by atoms with van der Waals surface area (Å²) in [7, 11) is 0. The Kier molecular flexibility index (Phi) is 1.59. The molecule has 3 nitrogen and oxygen atoms in total. The molecule has 2 rings (SSSR count). The van der Waals surface area contributed by atoms with Crippen molar-refractivity contribution in [2.24, 2.45) is 0 Å². The van der Waals surface area contributed by atoms with E-state index in [4.69, 9.17) is 0 Å². The summed E-state index contributed by atoms with van der Waals surface area (Å²) in [6.45, 7) is 0. The predicted molar refractivity (Wildman–Crippen MR) is 42.0 cm³/mol. The van der Waals surface area contributed by atoms with Crippen molar-refractivity contribution in [3.8, 4) is 11.3 Å². The number of hydrogen-bond donors (Lipinski definition) is 0. The zero-order valence-electron chi connectivity index (χ0n) is 6.18. The Balaban J connectivity index is 2.45. The first kappa shape index (κ1) is 6.97. The van der Waals surface area contributed by atoms with Crippen LogP contribution in [-0.4, -0.2) is 15.2 Å². The molecule has 0 N–H and O–H groups in total. The topological polar surface area (TPSA) is 30.7 Å². The van der Waals surface area contributed by atoms with E-state index in [9.17, 15) is 4.48 Å². The number of hydrogen-bond acceptors (Lipinski definition) is 2. The highest BCUT2D eigenvalue weighted by molar-refractivity contribution is 5.56. The van der Waals surface area contributed by atoms with Crippen LogP contribution >= 0.6 is 0 Å². The van der Waals surface area contributed by atoms with Crippen molar-refractivity contribution >= 4 is 0 Å². The molecule has 2 aromatic rings. The fourth-order valence-electron chi connectivity index (χ4n) is 0.985. The molecule has 60 valence electrons. The second kappa shape index (κ2) is 2.73. The molecule has 1 aromatic heterocycles. The molecule has 1 heterocycles. The fraction of sp³-hybridized carbons (Fsp3) is 0. The second-order valence-electron chi connectivity index (χ2n) is 2.36. The van der Waals surface area contributed by atoms with Crippen molar-refractivity contribution in [1.29, 1.82) is 0 Å². The summed E-state index contributed by atoms with van der Waals surface area (Å²) in [6, 6.07) is 9.33. The number of rotatable bonds is 1. The van der Waals surface area contributed by atoms with E-state index >= 15 is 0 Å². The van der Waals surface area contributed by atoms with E-state index in [2.05, 4.69) is 10.3 Å². The maximum atomic E-state index is 12.4. The van der Waals surface area contributed by atoms with Gasteiger partial charge < -0.3 is 0 Å². The number of benzene rings is 1. The lowest BCUT2D eigenvalue weighted by Crippen LogP contribution is -1.79. The predicted octanol–water partition coefficient (Wildman–Crippen LogP) is 1.68. The normalized spacial score (nSPS) is 10.1. The summed E-state index contributed by atoms with van der Waals surface area (Å²) in [5.74, 6) is 0. The van der Waals surface area contributed by atoms with Gasteiger partial charge in [-0.05, 0) is 5.21 Å². The summed E-state index contributed by atoms with van der Waals surface area (Å²) < 4.78 is 12.4. The molecule has 0 bridgehead atoms. The van der Waals surface area contributed by atoms with Gasteiger partial charge in [-0.3, -0.25) is 0 Å². The van der Waals surface area contributed by atoms with E-state index < -0.39 is 0 Å². The van der Waals surface area contributed by atoms with E-state index in [1.54, 1.807) is 0 Å². The molecule has 0 aliphatic carbocycles. The Morgan fingerprint density at radius 2 is 1.92 bits per heavy atom. The van der Waals surface area contributed by atoms with Crippen molar-refractivity contribution in [3.63, 3.8) is 0 Å². The van der Waals surface area contributed by atoms with Crippen LogP contribution in [0.2, 0.25) is 0 Å². The SMILES string of the molecule is Fn1cc(-c2ccccc2)nn1. The van der Waals surface area contributed by atoms with Gasteiger partial charge >= 0.3 is 0 Å². The molecule has 12 heavy (non-hydrogen) atoms. The van der Waals surface area contributed by atoms with Gasteiger partial charge in [0.05, 0.1) is 6.20 Å². The Bertz CT molecular complexity index is 369. The van der Waals surface area contributed by atoms with Gasteiger partial charge in [0.2, 0.25) is 0 Å². The summed E-state index contributed by atoms with van der Waals surface area (Å²) in [5, 5.41) is 6.82. The third-order valence-electron chi connectivity index (χ3n) is 1.54. The number of nitrogens with zero attached hydrogens (tertiary/aromatic N) is 3. The molecular weight excluding hydrogens is 157 g/mol. The van der Waals surface area contributed by atoms with Crippen LogP contribution in [0.25, 0.3) is 11.3 Å². The lowest BCUT2D eigenvalue weighted by molar-refractivity contribution is 0.306. The lowest BCUT2D eigenvalue weighted by Gasteiger charge is -1.90. The van der Waals surface area contributed by atoms with Gasteiger partial charge in [0.15, 0.2) is 0 Å². The highest BCUT2D eigenvalue weighted by Gasteiger charge is 2.00. The minimum absolute atomic E-state index is 0.197. The van der Waals surface area contributed by atoms with Crippen molar-refractivity contribution in [2.75, 3.05) is 0 Å². The van der Waals surface area contributed by atoms with Crippen molar-refractivity contribution in [1.82, 2.24) is 15.2 Å². The third kappa shape index (κ3) is 1.18. The number of aromatic nitrogens is 3. The van der Waals surface area contributed by atoms with Crippen LogP contribution in [0.1, 0.15) is 0 Å². The molecule has 1 aromatic carbocycles. The molecule has 0 atom stereocenters. The molecule has 0 amide bonds. The smallest absolute Gasteiger partial charge is 0.116 e. The second-order valence-corrected chi connectivity index (χ2v) is 2.36. The fourth-order valence-corrected chi connectivity index (χ4v) is 0.985. The van der Waals surface area contributed by atoms with Crippen molar-refractivity contribution in [2.45, 2.75) is 0 Å². The number of halogens is 1. The van der Waals surface area contributed by atoms with E-state index in [-0.39, 0.29) is 4.90 Å². The summed E-state index contributed by atoms with van der Waals surface area (Å²) in [4.78, 5) is 0.197. The quantitative estimate of drug-likeness (QED) is 0.640. The van der Waals surface area contributed by atoms with E-state index in [0.29, 0.717) is 5.69 Å². The average Bonchev–Trinajstić information content (AvgIpc) is 2.54. The first-order valence-corrected chi connectivity index (χ1v) is 3.50. The first-order chi connectivity index (χ1) is 5.86. The third-order valence-corrected chi connectivity index (χ3v) is 1.54. The minimum Gasteiger partial charge on any atom is -0.128 e. The van der Waals surface area contributed by atoms with Gasteiger partial charge in [-0.2, -0.15) is 0 Å². The molecule has 4 heteroatoms. The van der Waals surface area contributed by atoms with Gasteiger partial charge in [-0.15, -0.1) is 5.10 Å². The van der Waals surface area contributed by atoms with Gasteiger partial charge in [0.1, 0.15) is 5.69 Å².